The molecule has 1 unspecified atom stereocenters. The molecule has 1 aliphatic heterocycles. The summed E-state index contributed by atoms with van der Waals surface area (Å²) in [7, 11) is -2.23. The molecule has 2 rings (SSSR count). The Bertz CT molecular complexity index is 699. The van der Waals surface area contributed by atoms with E-state index >= 15 is 0 Å². The smallest absolute Gasteiger partial charge is 0.345 e. The Morgan fingerprint density at radius 1 is 1.32 bits per heavy atom. The Labute approximate surface area is 151 Å². The average molecular weight is 472 g/mol. The number of rotatable bonds is 6. The largest absolute Gasteiger partial charge is 0.477 e. The Balaban J connectivity index is 2.62. The Morgan fingerprint density at radius 2 is 2.00 bits per heavy atom. The molecular formula is C14H16Br2O4S2. The lowest BCUT2D eigenvalue weighted by atomic mass is 10.3. The van der Waals surface area contributed by atoms with Crippen molar-refractivity contribution in [2.24, 2.45) is 0 Å². The maximum Gasteiger partial charge on any atom is 0.345 e. The van der Waals surface area contributed by atoms with Gasteiger partial charge in [-0.15, -0.1) is 11.3 Å². The van der Waals surface area contributed by atoms with Crippen molar-refractivity contribution in [2.75, 3.05) is 6.61 Å². The molecule has 2 heterocycles. The Morgan fingerprint density at radius 3 is 2.50 bits per heavy atom. The Kier molecular flexibility index (Phi) is 5.93. The van der Waals surface area contributed by atoms with Gasteiger partial charge in [0.1, 0.15) is 4.88 Å². The molecule has 0 radical (unpaired) electrons. The Hall–Kier alpha value is -0.150. The van der Waals surface area contributed by atoms with Crippen LogP contribution >= 0.6 is 53.5 Å². The zero-order chi connectivity index (χ0) is 16.5. The first-order chi connectivity index (χ1) is 10.4. The fourth-order valence-corrected chi connectivity index (χ4v) is 10.2. The van der Waals surface area contributed by atoms with Crippen LogP contribution in [-0.2, 0) is 8.98 Å². The molecule has 4 nitrogen and oxygen atoms in total. The van der Waals surface area contributed by atoms with Gasteiger partial charge in [0.15, 0.2) is 0 Å². The summed E-state index contributed by atoms with van der Waals surface area (Å²) < 4.78 is 8.07. The fourth-order valence-electron chi connectivity index (χ4n) is 2.16. The zero-order valence-electron chi connectivity index (χ0n) is 12.2. The van der Waals surface area contributed by atoms with E-state index in [2.05, 4.69) is 31.9 Å². The number of halogens is 2. The summed E-state index contributed by atoms with van der Waals surface area (Å²) in [5.41, 5.74) is 0. The summed E-state index contributed by atoms with van der Waals surface area (Å²) in [4.78, 5) is 24.2. The van der Waals surface area contributed by atoms with Gasteiger partial charge in [-0.3, -0.25) is 4.79 Å². The summed E-state index contributed by atoms with van der Waals surface area (Å²) in [6.45, 7) is 4.31. The standard InChI is InChI=1S/C14H16Br2O4S2/c1-3-5-6-10(17)22(20-4-2)12(15)8-7-9(14(18)19)21-11(8)13(22)16/h7H,3-6H2,1-2H3,(H,18,19). The van der Waals surface area contributed by atoms with E-state index in [0.717, 1.165) is 22.6 Å². The van der Waals surface area contributed by atoms with Crippen LogP contribution in [0.15, 0.2) is 6.07 Å². The van der Waals surface area contributed by atoms with E-state index in [0.29, 0.717) is 20.7 Å². The second kappa shape index (κ2) is 7.17. The van der Waals surface area contributed by atoms with Crippen LogP contribution in [0.5, 0.6) is 0 Å². The molecule has 1 aliphatic rings. The molecule has 22 heavy (non-hydrogen) atoms. The van der Waals surface area contributed by atoms with Gasteiger partial charge in [0, 0.05) is 11.6 Å². The fraction of sp³-hybridized carbons (Fsp3) is 0.429. The minimum Gasteiger partial charge on any atom is -0.477 e. The number of hydrogen-bond donors (Lipinski definition) is 1. The lowest BCUT2D eigenvalue weighted by Crippen LogP contribution is -2.15. The molecule has 0 fully saturated rings. The molecule has 0 saturated carbocycles. The molecule has 122 valence electrons. The van der Waals surface area contributed by atoms with Crippen molar-refractivity contribution in [1.29, 1.82) is 0 Å². The summed E-state index contributed by atoms with van der Waals surface area (Å²) in [5, 5.41) is 9.96. The molecular weight excluding hydrogens is 456 g/mol. The van der Waals surface area contributed by atoms with Gasteiger partial charge in [-0.05, 0) is 61.6 Å². The van der Waals surface area contributed by atoms with E-state index in [-0.39, 0.29) is 9.99 Å². The molecule has 0 amide bonds. The van der Waals surface area contributed by atoms with E-state index in [1.54, 1.807) is 6.07 Å². The van der Waals surface area contributed by atoms with E-state index in [1.165, 1.54) is 11.3 Å². The third-order valence-corrected chi connectivity index (χ3v) is 11.1. The van der Waals surface area contributed by atoms with Crippen molar-refractivity contribution in [1.82, 2.24) is 0 Å². The van der Waals surface area contributed by atoms with Crippen molar-refractivity contribution in [3.8, 4) is 0 Å². The molecule has 0 aromatic carbocycles. The summed E-state index contributed by atoms with van der Waals surface area (Å²) in [5.74, 6) is -0.964. The highest BCUT2D eigenvalue weighted by atomic mass is 79.9. The molecule has 0 saturated heterocycles. The van der Waals surface area contributed by atoms with E-state index < -0.39 is 16.3 Å². The summed E-state index contributed by atoms with van der Waals surface area (Å²) in [6.07, 6.45) is 2.21. The lowest BCUT2D eigenvalue weighted by molar-refractivity contribution is -0.111. The second-order valence-corrected chi connectivity index (χ2v) is 11.0. The molecule has 1 aromatic heterocycles. The van der Waals surface area contributed by atoms with Crippen molar-refractivity contribution >= 4 is 72.2 Å². The predicted octanol–water partition coefficient (Wildman–Crippen LogP) is 3.85. The highest BCUT2D eigenvalue weighted by Gasteiger charge is 2.43. The van der Waals surface area contributed by atoms with Crippen LogP contribution in [0.3, 0.4) is 0 Å². The van der Waals surface area contributed by atoms with Crippen LogP contribution < -0.4 is 9.75 Å². The third-order valence-electron chi connectivity index (χ3n) is 3.19. The average Bonchev–Trinajstić information content (AvgIpc) is 3.00. The predicted molar refractivity (Wildman–Crippen MR) is 98.9 cm³/mol. The molecule has 1 aromatic rings. The van der Waals surface area contributed by atoms with Gasteiger partial charge < -0.3 is 9.29 Å². The van der Waals surface area contributed by atoms with Crippen molar-refractivity contribution in [3.63, 3.8) is 0 Å². The van der Waals surface area contributed by atoms with Gasteiger partial charge in [0.05, 0.1) is 18.8 Å². The van der Waals surface area contributed by atoms with E-state index in [1.807, 2.05) is 13.8 Å². The van der Waals surface area contributed by atoms with E-state index in [4.69, 9.17) is 9.29 Å². The number of carboxylic acids is 1. The van der Waals surface area contributed by atoms with Gasteiger partial charge in [0.25, 0.3) is 0 Å². The lowest BCUT2D eigenvalue weighted by Gasteiger charge is -2.34. The van der Waals surface area contributed by atoms with Crippen molar-refractivity contribution in [3.05, 3.63) is 20.7 Å². The second-order valence-electron chi connectivity index (χ2n) is 4.64. The van der Waals surface area contributed by atoms with Crippen LogP contribution in [0.2, 0.25) is 0 Å². The molecule has 0 aliphatic carbocycles. The summed E-state index contributed by atoms with van der Waals surface area (Å²) in [6, 6.07) is 1.61. The zero-order valence-corrected chi connectivity index (χ0v) is 17.0. The third kappa shape index (κ3) is 2.84. The van der Waals surface area contributed by atoms with Gasteiger partial charge in [-0.25, -0.2) is 4.79 Å². The van der Waals surface area contributed by atoms with Crippen molar-refractivity contribution in [2.45, 2.75) is 33.1 Å². The summed E-state index contributed by atoms with van der Waals surface area (Å²) >= 11 is 8.23. The number of fused-ring (bicyclic) bond motifs is 1. The number of aromatic carboxylic acids is 1. The minimum absolute atomic E-state index is 0.0650. The number of carbonyl (C=O) groups is 2. The minimum atomic E-state index is -2.23. The van der Waals surface area contributed by atoms with Crippen LogP contribution in [0.1, 0.15) is 42.8 Å². The molecule has 1 atom stereocenters. The van der Waals surface area contributed by atoms with Gasteiger partial charge in [-0.2, -0.15) is 0 Å². The molecule has 1 N–H and O–H groups in total. The molecule has 0 spiro atoms. The SMILES string of the molecule is CCCCC(=O)S1(OCC)C(Br)=c2cc(C(=O)O)sc2=C1Br. The van der Waals surface area contributed by atoms with Gasteiger partial charge in [0.2, 0.25) is 5.12 Å². The number of thiophene rings is 1. The number of hydrogen-bond acceptors (Lipinski definition) is 4. The highest BCUT2D eigenvalue weighted by molar-refractivity contribution is 9.24. The quantitative estimate of drug-likeness (QED) is 0.684. The number of carboxylic acid groups (broad SMARTS) is 1. The maximum atomic E-state index is 12.8. The molecule has 0 bridgehead atoms. The van der Waals surface area contributed by atoms with Crippen LogP contribution in [-0.4, -0.2) is 22.8 Å². The highest BCUT2D eigenvalue weighted by Crippen LogP contribution is 2.70. The molecule has 8 heteroatoms. The maximum absolute atomic E-state index is 12.8. The van der Waals surface area contributed by atoms with Crippen molar-refractivity contribution < 1.29 is 18.9 Å². The van der Waals surface area contributed by atoms with Gasteiger partial charge >= 0.3 is 5.97 Å². The monoisotopic (exact) mass is 470 g/mol. The van der Waals surface area contributed by atoms with Crippen LogP contribution in [0, 0.1) is 0 Å². The first-order valence-electron chi connectivity index (χ1n) is 6.83. The number of unbranched alkanes of at least 4 members (excludes halogenated alkanes) is 1. The van der Waals surface area contributed by atoms with Crippen LogP contribution in [0.25, 0.3) is 7.63 Å². The first kappa shape index (κ1) is 18.2. The number of carbonyl (C=O) groups excluding carboxylic acids is 1. The van der Waals surface area contributed by atoms with E-state index in [9.17, 15) is 9.59 Å². The van der Waals surface area contributed by atoms with Gasteiger partial charge in [-0.1, -0.05) is 13.3 Å². The first-order valence-corrected chi connectivity index (χ1v) is 10.8. The van der Waals surface area contributed by atoms with Crippen LogP contribution in [0.4, 0.5) is 0 Å². The topological polar surface area (TPSA) is 63.6 Å². The normalized spacial score (nSPS) is 23.3.